The molecule has 1 heterocycles. The number of hydrogen-bond donors (Lipinski definition) is 1. The molecule has 8 heteroatoms. The molecule has 23 heavy (non-hydrogen) atoms. The van der Waals surface area contributed by atoms with Crippen LogP contribution < -0.4 is 5.32 Å². The Bertz CT molecular complexity index is 467. The van der Waals surface area contributed by atoms with Gasteiger partial charge in [0.25, 0.3) is 11.8 Å². The van der Waals surface area contributed by atoms with E-state index in [1.165, 1.54) is 0 Å². The van der Waals surface area contributed by atoms with Crippen molar-refractivity contribution in [1.29, 1.82) is 0 Å². The van der Waals surface area contributed by atoms with E-state index in [4.69, 9.17) is 9.57 Å². The first kappa shape index (κ1) is 18.9. The summed E-state index contributed by atoms with van der Waals surface area (Å²) < 4.78 is 5.12. The van der Waals surface area contributed by atoms with Gasteiger partial charge in [0.2, 0.25) is 0 Å². The first-order valence-electron chi connectivity index (χ1n) is 7.64. The molecule has 1 N–H and O–H groups in total. The molecule has 1 rings (SSSR count). The number of nitrogens with one attached hydrogen (secondary N) is 1. The van der Waals surface area contributed by atoms with Crippen LogP contribution in [0.15, 0.2) is 0 Å². The van der Waals surface area contributed by atoms with E-state index < -0.39 is 29.5 Å². The Morgan fingerprint density at radius 2 is 1.78 bits per heavy atom. The van der Waals surface area contributed by atoms with Crippen molar-refractivity contribution in [2.24, 2.45) is 0 Å². The molecular formula is C15H24N2O6. The molecule has 0 aromatic rings. The van der Waals surface area contributed by atoms with Crippen molar-refractivity contribution in [1.82, 2.24) is 10.4 Å². The highest BCUT2D eigenvalue weighted by atomic mass is 16.7. The number of alkyl carbamates (subject to hydrolysis) is 1. The lowest BCUT2D eigenvalue weighted by atomic mass is 10.1. The summed E-state index contributed by atoms with van der Waals surface area (Å²) in [5.74, 6) is -1.63. The summed E-state index contributed by atoms with van der Waals surface area (Å²) in [5.41, 5.74) is -0.567. The lowest BCUT2D eigenvalue weighted by molar-refractivity contribution is -0.197. The van der Waals surface area contributed by atoms with Gasteiger partial charge in [0.15, 0.2) is 0 Å². The molecule has 1 aliphatic rings. The number of hydroxylamine groups is 2. The molecule has 0 bridgehead atoms. The van der Waals surface area contributed by atoms with E-state index in [2.05, 4.69) is 5.32 Å². The minimum absolute atomic E-state index is 0.0530. The van der Waals surface area contributed by atoms with E-state index in [0.29, 0.717) is 17.9 Å². The van der Waals surface area contributed by atoms with E-state index >= 15 is 0 Å². The molecule has 1 fully saturated rings. The van der Waals surface area contributed by atoms with Gasteiger partial charge in [0, 0.05) is 25.3 Å². The van der Waals surface area contributed by atoms with E-state index in [1.54, 1.807) is 27.7 Å². The lowest BCUT2D eigenvalue weighted by Crippen LogP contribution is -2.37. The molecular weight excluding hydrogens is 304 g/mol. The first-order valence-corrected chi connectivity index (χ1v) is 7.64. The standard InChI is InChI=1S/C15H24N2O6/c1-10(16-14(21)22-15(2,3)4)6-5-7-13(20)23-17-11(18)8-9-12(17)19/h10H,5-9H2,1-4H3,(H,16,21). The predicted octanol–water partition coefficient (Wildman–Crippen LogP) is 1.68. The van der Waals surface area contributed by atoms with Crippen molar-refractivity contribution in [3.63, 3.8) is 0 Å². The molecule has 1 saturated heterocycles. The van der Waals surface area contributed by atoms with E-state index in [1.807, 2.05) is 0 Å². The maximum Gasteiger partial charge on any atom is 0.407 e. The zero-order valence-corrected chi connectivity index (χ0v) is 14.0. The Morgan fingerprint density at radius 3 is 2.30 bits per heavy atom. The Hall–Kier alpha value is -2.12. The molecule has 0 aromatic heterocycles. The molecule has 8 nitrogen and oxygen atoms in total. The minimum atomic E-state index is -0.641. The van der Waals surface area contributed by atoms with Gasteiger partial charge in [-0.05, 0) is 40.5 Å². The molecule has 130 valence electrons. The Kier molecular flexibility index (Phi) is 6.53. The summed E-state index contributed by atoms with van der Waals surface area (Å²) in [5, 5.41) is 3.20. The smallest absolute Gasteiger partial charge is 0.407 e. The number of hydrogen-bond acceptors (Lipinski definition) is 6. The molecule has 3 amide bonds. The van der Waals surface area contributed by atoms with Gasteiger partial charge in [0.1, 0.15) is 5.60 Å². The Morgan fingerprint density at radius 1 is 1.22 bits per heavy atom. The van der Waals surface area contributed by atoms with Crippen LogP contribution in [0.2, 0.25) is 0 Å². The van der Waals surface area contributed by atoms with Crippen LogP contribution in [-0.4, -0.2) is 40.6 Å². The van der Waals surface area contributed by atoms with Crippen molar-refractivity contribution < 1.29 is 28.8 Å². The number of carbonyl (C=O) groups excluding carboxylic acids is 4. The molecule has 1 aliphatic heterocycles. The molecule has 0 radical (unpaired) electrons. The third kappa shape index (κ3) is 7.12. The van der Waals surface area contributed by atoms with E-state index in [0.717, 1.165) is 0 Å². The zero-order chi connectivity index (χ0) is 17.6. The Labute approximate surface area is 135 Å². The fourth-order valence-corrected chi connectivity index (χ4v) is 1.94. The van der Waals surface area contributed by atoms with Crippen molar-refractivity contribution in [2.75, 3.05) is 0 Å². The highest BCUT2D eigenvalue weighted by molar-refractivity contribution is 6.01. The summed E-state index contributed by atoms with van der Waals surface area (Å²) in [6.45, 7) is 7.11. The van der Waals surface area contributed by atoms with Crippen molar-refractivity contribution in [2.45, 2.75) is 71.4 Å². The molecule has 1 atom stereocenters. The number of ether oxygens (including phenoxy) is 1. The summed E-state index contributed by atoms with van der Waals surface area (Å²) in [4.78, 5) is 50.5. The summed E-state index contributed by atoms with van der Waals surface area (Å²) >= 11 is 0. The first-order chi connectivity index (χ1) is 10.6. The maximum atomic E-state index is 11.6. The second kappa shape index (κ2) is 7.94. The molecule has 0 aromatic carbocycles. The molecule has 1 unspecified atom stereocenters. The number of rotatable bonds is 6. The van der Waals surface area contributed by atoms with Gasteiger partial charge in [-0.15, -0.1) is 5.06 Å². The largest absolute Gasteiger partial charge is 0.444 e. The second-order valence-corrected chi connectivity index (χ2v) is 6.48. The van der Waals surface area contributed by atoms with Crippen molar-refractivity contribution in [3.8, 4) is 0 Å². The van der Waals surface area contributed by atoms with Gasteiger partial charge in [-0.2, -0.15) is 0 Å². The topological polar surface area (TPSA) is 102 Å². The van der Waals surface area contributed by atoms with E-state index in [9.17, 15) is 19.2 Å². The van der Waals surface area contributed by atoms with Gasteiger partial charge in [0.05, 0.1) is 0 Å². The number of carbonyl (C=O) groups is 4. The quantitative estimate of drug-likeness (QED) is 0.744. The van der Waals surface area contributed by atoms with Crippen LogP contribution in [0.25, 0.3) is 0 Å². The fourth-order valence-electron chi connectivity index (χ4n) is 1.94. The predicted molar refractivity (Wildman–Crippen MR) is 79.9 cm³/mol. The molecule has 0 spiro atoms. The third-order valence-corrected chi connectivity index (χ3v) is 2.98. The molecule has 0 aliphatic carbocycles. The maximum absolute atomic E-state index is 11.6. The number of amides is 3. The normalized spacial score (nSPS) is 16.3. The van der Waals surface area contributed by atoms with Crippen LogP contribution in [0, 0.1) is 0 Å². The van der Waals surface area contributed by atoms with Gasteiger partial charge in [-0.25, -0.2) is 9.59 Å². The average molecular weight is 328 g/mol. The third-order valence-electron chi connectivity index (χ3n) is 2.98. The van der Waals surface area contributed by atoms with Gasteiger partial charge < -0.3 is 14.9 Å². The van der Waals surface area contributed by atoms with Crippen LogP contribution in [0.4, 0.5) is 4.79 Å². The van der Waals surface area contributed by atoms with Gasteiger partial charge >= 0.3 is 12.1 Å². The molecule has 0 saturated carbocycles. The minimum Gasteiger partial charge on any atom is -0.444 e. The summed E-state index contributed by atoms with van der Waals surface area (Å²) in [7, 11) is 0. The van der Waals surface area contributed by atoms with Crippen LogP contribution in [0.1, 0.15) is 59.8 Å². The Balaban J connectivity index is 2.23. The summed E-state index contributed by atoms with van der Waals surface area (Å²) in [6, 6.07) is -0.173. The van der Waals surface area contributed by atoms with Crippen LogP contribution in [0.5, 0.6) is 0 Å². The highest BCUT2D eigenvalue weighted by Crippen LogP contribution is 2.13. The van der Waals surface area contributed by atoms with Crippen LogP contribution in [-0.2, 0) is 24.0 Å². The second-order valence-electron chi connectivity index (χ2n) is 6.48. The zero-order valence-electron chi connectivity index (χ0n) is 14.0. The van der Waals surface area contributed by atoms with Gasteiger partial charge in [-0.1, -0.05) is 0 Å². The van der Waals surface area contributed by atoms with E-state index in [-0.39, 0.29) is 25.3 Å². The number of nitrogens with zero attached hydrogens (tertiary/aromatic N) is 1. The average Bonchev–Trinajstić information content (AvgIpc) is 2.68. The van der Waals surface area contributed by atoms with Crippen LogP contribution >= 0.6 is 0 Å². The van der Waals surface area contributed by atoms with Crippen molar-refractivity contribution in [3.05, 3.63) is 0 Å². The summed E-state index contributed by atoms with van der Waals surface area (Å²) in [6.07, 6.45) is 0.673. The SMILES string of the molecule is CC(CCCC(=O)ON1C(=O)CCC1=O)NC(=O)OC(C)(C)C. The van der Waals surface area contributed by atoms with Crippen molar-refractivity contribution >= 4 is 23.9 Å². The highest BCUT2D eigenvalue weighted by Gasteiger charge is 2.32. The number of imide groups is 1. The lowest BCUT2D eigenvalue weighted by Gasteiger charge is -2.21. The monoisotopic (exact) mass is 328 g/mol. The van der Waals surface area contributed by atoms with Gasteiger partial charge in [-0.3, -0.25) is 9.59 Å². The fraction of sp³-hybridized carbons (Fsp3) is 0.733. The van der Waals surface area contributed by atoms with Crippen LogP contribution in [0.3, 0.4) is 0 Å².